The summed E-state index contributed by atoms with van der Waals surface area (Å²) in [4.78, 5) is 28.8. The molecule has 3 amide bonds. The van der Waals surface area contributed by atoms with Crippen LogP contribution in [0.3, 0.4) is 0 Å². The minimum absolute atomic E-state index is 0.0842. The van der Waals surface area contributed by atoms with Crippen LogP contribution < -0.4 is 10.6 Å². The van der Waals surface area contributed by atoms with Gasteiger partial charge < -0.3 is 25.3 Å². The highest BCUT2D eigenvalue weighted by atomic mass is 16.5. The van der Waals surface area contributed by atoms with E-state index in [1.54, 1.807) is 14.0 Å². The Kier molecular flexibility index (Phi) is 5.78. The summed E-state index contributed by atoms with van der Waals surface area (Å²) in [6, 6.07) is 7.71. The second-order valence-electron chi connectivity index (χ2n) is 6.73. The van der Waals surface area contributed by atoms with E-state index >= 15 is 0 Å². The molecule has 1 aliphatic rings. The first-order chi connectivity index (χ1) is 12.6. The molecular weight excluding hydrogens is 332 g/mol. The number of fused-ring (bicyclic) bond motifs is 1. The topological polar surface area (TPSA) is 86.5 Å². The number of likely N-dealkylation sites (tertiary alicyclic amines) is 1. The fourth-order valence-electron chi connectivity index (χ4n) is 3.40. The van der Waals surface area contributed by atoms with Crippen LogP contribution in [-0.4, -0.2) is 54.7 Å². The lowest BCUT2D eigenvalue weighted by Gasteiger charge is -2.32. The number of nitrogens with one attached hydrogen (secondary N) is 3. The zero-order valence-electron chi connectivity index (χ0n) is 15.2. The van der Waals surface area contributed by atoms with E-state index in [1.165, 1.54) is 0 Å². The summed E-state index contributed by atoms with van der Waals surface area (Å²) in [7, 11) is 1.62. The molecular formula is C19H26N4O3. The van der Waals surface area contributed by atoms with Crippen molar-refractivity contribution in [2.75, 3.05) is 26.8 Å². The summed E-state index contributed by atoms with van der Waals surface area (Å²) in [6.07, 6.45) is 3.45. The van der Waals surface area contributed by atoms with Crippen LogP contribution in [0.25, 0.3) is 10.9 Å². The fourth-order valence-corrected chi connectivity index (χ4v) is 3.40. The summed E-state index contributed by atoms with van der Waals surface area (Å²) >= 11 is 0. The zero-order valence-corrected chi connectivity index (χ0v) is 15.2. The molecule has 1 aromatic heterocycles. The van der Waals surface area contributed by atoms with Crippen molar-refractivity contribution < 1.29 is 14.3 Å². The van der Waals surface area contributed by atoms with Gasteiger partial charge in [0.25, 0.3) is 0 Å². The number of amides is 3. The number of urea groups is 1. The van der Waals surface area contributed by atoms with Gasteiger partial charge in [0.2, 0.25) is 5.91 Å². The molecule has 1 unspecified atom stereocenters. The minimum atomic E-state index is -0.225. The maximum Gasteiger partial charge on any atom is 0.315 e. The van der Waals surface area contributed by atoms with Crippen LogP contribution in [0.15, 0.2) is 30.5 Å². The van der Waals surface area contributed by atoms with Crippen molar-refractivity contribution in [3.05, 3.63) is 36.0 Å². The number of benzene rings is 1. The monoisotopic (exact) mass is 358 g/mol. The Labute approximate surface area is 153 Å². The number of carbonyl (C=O) groups is 2. The molecule has 1 saturated heterocycles. The Morgan fingerprint density at radius 1 is 1.31 bits per heavy atom. The number of aromatic nitrogens is 1. The molecule has 7 nitrogen and oxygen atoms in total. The molecule has 3 N–H and O–H groups in total. The lowest BCUT2D eigenvalue weighted by atomic mass is 10.0. The second-order valence-corrected chi connectivity index (χ2v) is 6.73. The number of aromatic amines is 1. The Bertz CT molecular complexity index is 765. The first-order valence-corrected chi connectivity index (χ1v) is 8.95. The van der Waals surface area contributed by atoms with Gasteiger partial charge in [-0.15, -0.1) is 0 Å². The van der Waals surface area contributed by atoms with Crippen LogP contribution in [-0.2, 0) is 9.53 Å². The van der Waals surface area contributed by atoms with Gasteiger partial charge in [0.15, 0.2) is 0 Å². The third-order valence-corrected chi connectivity index (χ3v) is 4.89. The van der Waals surface area contributed by atoms with Crippen molar-refractivity contribution in [2.45, 2.75) is 31.8 Å². The molecule has 0 spiro atoms. The maximum atomic E-state index is 12.4. The van der Waals surface area contributed by atoms with Crippen LogP contribution in [0, 0.1) is 0 Å². The van der Waals surface area contributed by atoms with E-state index in [4.69, 9.17) is 4.74 Å². The molecule has 0 bridgehead atoms. The second kappa shape index (κ2) is 8.23. The molecule has 1 atom stereocenters. The Morgan fingerprint density at radius 2 is 2.08 bits per heavy atom. The van der Waals surface area contributed by atoms with Crippen LogP contribution in [0.2, 0.25) is 0 Å². The molecule has 140 valence electrons. The first-order valence-electron chi connectivity index (χ1n) is 8.95. The lowest BCUT2D eigenvalue weighted by molar-refractivity contribution is -0.129. The molecule has 1 aliphatic heterocycles. The highest BCUT2D eigenvalue weighted by Gasteiger charge is 2.23. The number of piperidine rings is 1. The van der Waals surface area contributed by atoms with Gasteiger partial charge in [0.05, 0.1) is 12.6 Å². The number of hydrogen-bond acceptors (Lipinski definition) is 3. The third-order valence-electron chi connectivity index (χ3n) is 4.89. The van der Waals surface area contributed by atoms with Gasteiger partial charge in [0.1, 0.15) is 0 Å². The first kappa shape index (κ1) is 18.3. The highest BCUT2D eigenvalue weighted by molar-refractivity contribution is 5.80. The summed E-state index contributed by atoms with van der Waals surface area (Å²) in [5, 5.41) is 7.13. The van der Waals surface area contributed by atoms with Crippen molar-refractivity contribution in [3.63, 3.8) is 0 Å². The van der Waals surface area contributed by atoms with Crippen molar-refractivity contribution in [1.29, 1.82) is 0 Å². The predicted octanol–water partition coefficient (Wildman–Crippen LogP) is 2.17. The summed E-state index contributed by atoms with van der Waals surface area (Å²) < 4.78 is 5.29. The minimum Gasteiger partial charge on any atom is -0.382 e. The highest BCUT2D eigenvalue weighted by Crippen LogP contribution is 2.20. The Balaban J connectivity index is 1.59. The predicted molar refractivity (Wildman–Crippen MR) is 99.9 cm³/mol. The van der Waals surface area contributed by atoms with E-state index in [0.717, 1.165) is 29.3 Å². The van der Waals surface area contributed by atoms with E-state index in [9.17, 15) is 9.59 Å². The number of nitrogens with zero attached hydrogens (tertiary/aromatic N) is 1. The molecule has 0 radical (unpaired) electrons. The Morgan fingerprint density at radius 3 is 2.77 bits per heavy atom. The fraction of sp³-hybridized carbons (Fsp3) is 0.474. The molecule has 0 saturated carbocycles. The summed E-state index contributed by atoms with van der Waals surface area (Å²) in [5.41, 5.74) is 2.06. The normalized spacial score (nSPS) is 16.5. The number of ether oxygens (including phenoxy) is 1. The zero-order chi connectivity index (χ0) is 18.5. The van der Waals surface area contributed by atoms with Crippen molar-refractivity contribution >= 4 is 22.8 Å². The van der Waals surface area contributed by atoms with Gasteiger partial charge >= 0.3 is 6.03 Å². The van der Waals surface area contributed by atoms with E-state index in [1.807, 2.05) is 29.3 Å². The maximum absolute atomic E-state index is 12.4. The molecule has 3 rings (SSSR count). The molecule has 1 fully saturated rings. The summed E-state index contributed by atoms with van der Waals surface area (Å²) in [5.74, 6) is 0.0909. The summed E-state index contributed by atoms with van der Waals surface area (Å²) in [6.45, 7) is 3.35. The van der Waals surface area contributed by atoms with E-state index in [2.05, 4.69) is 21.7 Å². The van der Waals surface area contributed by atoms with Crippen LogP contribution in [0.5, 0.6) is 0 Å². The van der Waals surface area contributed by atoms with E-state index in [0.29, 0.717) is 19.7 Å². The standard InChI is InChI=1S/C19H26N4O3/c1-13(24)23-9-6-16(7-10-23)21-19(25)22-18(12-26-2)14-3-4-17-15(11-14)5-8-20-17/h3-5,8,11,16,18,20H,6-7,9-10,12H2,1-2H3,(H2,21,22,25). The van der Waals surface area contributed by atoms with E-state index in [-0.39, 0.29) is 24.0 Å². The van der Waals surface area contributed by atoms with Crippen LogP contribution in [0.1, 0.15) is 31.4 Å². The number of carbonyl (C=O) groups excluding carboxylic acids is 2. The van der Waals surface area contributed by atoms with Crippen molar-refractivity contribution in [3.8, 4) is 0 Å². The van der Waals surface area contributed by atoms with Gasteiger partial charge in [-0.25, -0.2) is 4.79 Å². The molecule has 2 aromatic rings. The van der Waals surface area contributed by atoms with Gasteiger partial charge in [0, 0.05) is 44.9 Å². The molecule has 26 heavy (non-hydrogen) atoms. The van der Waals surface area contributed by atoms with Gasteiger partial charge in [-0.2, -0.15) is 0 Å². The van der Waals surface area contributed by atoms with Crippen molar-refractivity contribution in [1.82, 2.24) is 20.5 Å². The van der Waals surface area contributed by atoms with Crippen molar-refractivity contribution in [2.24, 2.45) is 0 Å². The SMILES string of the molecule is COCC(NC(=O)NC1CCN(C(C)=O)CC1)c1ccc2[nH]ccc2c1. The Hall–Kier alpha value is -2.54. The number of H-pyrrole nitrogens is 1. The largest absolute Gasteiger partial charge is 0.382 e. The molecule has 2 heterocycles. The number of hydrogen-bond donors (Lipinski definition) is 3. The van der Waals surface area contributed by atoms with E-state index < -0.39 is 0 Å². The third kappa shape index (κ3) is 4.35. The van der Waals surface area contributed by atoms with Gasteiger partial charge in [-0.05, 0) is 42.0 Å². The lowest BCUT2D eigenvalue weighted by Crippen LogP contribution is -2.49. The number of methoxy groups -OCH3 is 1. The molecule has 0 aliphatic carbocycles. The quantitative estimate of drug-likeness (QED) is 0.766. The molecule has 1 aromatic carbocycles. The van der Waals surface area contributed by atoms with Crippen LogP contribution >= 0.6 is 0 Å². The smallest absolute Gasteiger partial charge is 0.315 e. The average Bonchev–Trinajstić information content (AvgIpc) is 3.09. The average molecular weight is 358 g/mol. The number of rotatable bonds is 5. The van der Waals surface area contributed by atoms with Crippen LogP contribution in [0.4, 0.5) is 4.79 Å². The molecule has 7 heteroatoms. The van der Waals surface area contributed by atoms with Gasteiger partial charge in [-0.1, -0.05) is 6.07 Å². The van der Waals surface area contributed by atoms with Gasteiger partial charge in [-0.3, -0.25) is 4.79 Å².